The average molecular weight is 275 g/mol. The highest BCUT2D eigenvalue weighted by molar-refractivity contribution is 5.26. The number of nitrogens with one attached hydrogen (secondary N) is 2. The molecule has 0 unspecified atom stereocenters. The lowest BCUT2D eigenvalue weighted by Crippen LogP contribution is -2.22. The van der Waals surface area contributed by atoms with Crippen molar-refractivity contribution in [1.82, 2.24) is 9.97 Å². The van der Waals surface area contributed by atoms with Crippen LogP contribution in [0, 0.1) is 5.92 Å². The summed E-state index contributed by atoms with van der Waals surface area (Å²) in [5, 5.41) is 2.80. The highest BCUT2D eigenvalue weighted by Crippen LogP contribution is 2.27. The molecule has 0 bridgehead atoms. The molecule has 1 aliphatic carbocycles. The molecule has 7 heteroatoms. The van der Waals surface area contributed by atoms with Crippen LogP contribution in [0.15, 0.2) is 10.9 Å². The van der Waals surface area contributed by atoms with Gasteiger partial charge in [0.25, 0.3) is 5.56 Å². The summed E-state index contributed by atoms with van der Waals surface area (Å²) in [6, 6.07) is 0.464. The van der Waals surface area contributed by atoms with Gasteiger partial charge in [-0.05, 0) is 18.8 Å². The van der Waals surface area contributed by atoms with Crippen molar-refractivity contribution >= 4 is 5.95 Å². The molecule has 0 radical (unpaired) electrons. The van der Waals surface area contributed by atoms with Crippen molar-refractivity contribution in [2.24, 2.45) is 5.92 Å². The number of hydrogen-bond donors (Lipinski definition) is 2. The Labute approximate surface area is 108 Å². The zero-order valence-corrected chi connectivity index (χ0v) is 10.4. The van der Waals surface area contributed by atoms with Crippen LogP contribution in [0.2, 0.25) is 0 Å². The van der Waals surface area contributed by atoms with Crippen molar-refractivity contribution in [3.63, 3.8) is 0 Å². The number of hydrogen-bond acceptors (Lipinski definition) is 3. The number of halogens is 3. The Hall–Kier alpha value is -1.53. The predicted octanol–water partition coefficient (Wildman–Crippen LogP) is 2.78. The first-order valence-corrected chi connectivity index (χ1v) is 6.37. The second-order valence-corrected chi connectivity index (χ2v) is 4.86. The van der Waals surface area contributed by atoms with E-state index in [9.17, 15) is 18.0 Å². The fraction of sp³-hybridized carbons (Fsp3) is 0.667. The molecule has 2 N–H and O–H groups in total. The zero-order chi connectivity index (χ0) is 13.9. The Morgan fingerprint density at radius 3 is 2.63 bits per heavy atom. The number of aromatic nitrogens is 2. The second kappa shape index (κ2) is 5.63. The van der Waals surface area contributed by atoms with Gasteiger partial charge in [0.05, 0.1) is 0 Å². The van der Waals surface area contributed by atoms with Gasteiger partial charge in [0.2, 0.25) is 5.95 Å². The highest BCUT2D eigenvalue weighted by atomic mass is 19.4. The Morgan fingerprint density at radius 1 is 1.32 bits per heavy atom. The molecule has 19 heavy (non-hydrogen) atoms. The van der Waals surface area contributed by atoms with E-state index in [1.54, 1.807) is 0 Å². The smallest absolute Gasteiger partial charge is 0.355 e. The van der Waals surface area contributed by atoms with Crippen molar-refractivity contribution in [1.29, 1.82) is 0 Å². The minimum atomic E-state index is -4.60. The van der Waals surface area contributed by atoms with Crippen molar-refractivity contribution < 1.29 is 13.2 Å². The molecule has 0 saturated heterocycles. The van der Waals surface area contributed by atoms with Gasteiger partial charge in [-0.15, -0.1) is 0 Å². The molecule has 0 atom stereocenters. The Morgan fingerprint density at radius 2 is 2.00 bits per heavy atom. The standard InChI is InChI=1S/C12H16F3N3O/c13-12(14,15)9-6-10(19)18-11(17-9)16-7-8-4-2-1-3-5-8/h6,8H,1-5,7H2,(H2,16,17,18,19). The summed E-state index contributed by atoms with van der Waals surface area (Å²) in [4.78, 5) is 16.9. The van der Waals surface area contributed by atoms with Gasteiger partial charge < -0.3 is 5.32 Å². The molecule has 1 aliphatic rings. The Bertz CT molecular complexity index is 478. The molecule has 1 aromatic heterocycles. The summed E-state index contributed by atoms with van der Waals surface area (Å²) < 4.78 is 37.5. The monoisotopic (exact) mass is 275 g/mol. The third kappa shape index (κ3) is 3.97. The number of anilines is 1. The molecule has 1 heterocycles. The van der Waals surface area contributed by atoms with Crippen molar-refractivity contribution in [3.05, 3.63) is 22.1 Å². The lowest BCUT2D eigenvalue weighted by molar-refractivity contribution is -0.141. The fourth-order valence-corrected chi connectivity index (χ4v) is 2.32. The van der Waals surface area contributed by atoms with E-state index < -0.39 is 17.4 Å². The molecular weight excluding hydrogens is 259 g/mol. The number of rotatable bonds is 3. The van der Waals surface area contributed by atoms with Gasteiger partial charge in [-0.25, -0.2) is 4.98 Å². The molecule has 0 aromatic carbocycles. The van der Waals surface area contributed by atoms with Gasteiger partial charge in [-0.1, -0.05) is 19.3 Å². The minimum Gasteiger partial charge on any atom is -0.355 e. The largest absolute Gasteiger partial charge is 0.433 e. The fourth-order valence-electron chi connectivity index (χ4n) is 2.32. The number of H-pyrrole nitrogens is 1. The van der Waals surface area contributed by atoms with E-state index in [4.69, 9.17) is 0 Å². The summed E-state index contributed by atoms with van der Waals surface area (Å²) in [5.74, 6) is 0.332. The van der Waals surface area contributed by atoms with Crippen LogP contribution >= 0.6 is 0 Å². The molecule has 1 fully saturated rings. The van der Waals surface area contributed by atoms with Gasteiger partial charge in [0.1, 0.15) is 0 Å². The average Bonchev–Trinajstić information content (AvgIpc) is 2.36. The van der Waals surface area contributed by atoms with E-state index in [2.05, 4.69) is 15.3 Å². The van der Waals surface area contributed by atoms with Crippen LogP contribution in [0.25, 0.3) is 0 Å². The summed E-state index contributed by atoms with van der Waals surface area (Å²) in [5.41, 5.74) is -1.96. The number of nitrogens with zero attached hydrogens (tertiary/aromatic N) is 1. The molecular formula is C12H16F3N3O. The quantitative estimate of drug-likeness (QED) is 0.891. The minimum absolute atomic E-state index is 0.106. The molecule has 1 aromatic rings. The highest BCUT2D eigenvalue weighted by Gasteiger charge is 2.33. The molecule has 4 nitrogen and oxygen atoms in total. The lowest BCUT2D eigenvalue weighted by Gasteiger charge is -2.21. The Kier molecular flexibility index (Phi) is 4.11. The van der Waals surface area contributed by atoms with E-state index in [1.807, 2.05) is 0 Å². The summed E-state index contributed by atoms with van der Waals surface area (Å²) in [6.45, 7) is 0.546. The van der Waals surface area contributed by atoms with Crippen molar-refractivity contribution in [3.8, 4) is 0 Å². The second-order valence-electron chi connectivity index (χ2n) is 4.86. The maximum atomic E-state index is 12.5. The maximum Gasteiger partial charge on any atom is 0.433 e. The first kappa shape index (κ1) is 13.9. The normalized spacial score (nSPS) is 17.4. The SMILES string of the molecule is O=c1cc(C(F)(F)F)nc(NCC2CCCCC2)[nH]1. The van der Waals surface area contributed by atoms with E-state index >= 15 is 0 Å². The summed E-state index contributed by atoms with van der Waals surface area (Å²) in [6.07, 6.45) is 1.05. The molecule has 2 rings (SSSR count). The predicted molar refractivity (Wildman–Crippen MR) is 64.9 cm³/mol. The maximum absolute atomic E-state index is 12.5. The van der Waals surface area contributed by atoms with E-state index in [0.29, 0.717) is 18.5 Å². The van der Waals surface area contributed by atoms with E-state index in [1.165, 1.54) is 6.42 Å². The van der Waals surface area contributed by atoms with E-state index in [-0.39, 0.29) is 5.95 Å². The molecule has 0 aliphatic heterocycles. The van der Waals surface area contributed by atoms with Crippen LogP contribution in [0.3, 0.4) is 0 Å². The van der Waals surface area contributed by atoms with Gasteiger partial charge in [0, 0.05) is 12.6 Å². The van der Waals surface area contributed by atoms with Gasteiger partial charge >= 0.3 is 6.18 Å². The van der Waals surface area contributed by atoms with Gasteiger partial charge in [-0.3, -0.25) is 9.78 Å². The van der Waals surface area contributed by atoms with Gasteiger partial charge in [0.15, 0.2) is 5.69 Å². The molecule has 0 amide bonds. The number of aromatic amines is 1. The van der Waals surface area contributed by atoms with Crippen LogP contribution < -0.4 is 10.9 Å². The van der Waals surface area contributed by atoms with Crippen LogP contribution in [0.1, 0.15) is 37.8 Å². The molecule has 0 spiro atoms. The Balaban J connectivity index is 2.03. The molecule has 1 saturated carbocycles. The number of alkyl halides is 3. The summed E-state index contributed by atoms with van der Waals surface area (Å²) >= 11 is 0. The first-order valence-electron chi connectivity index (χ1n) is 6.37. The van der Waals surface area contributed by atoms with Crippen LogP contribution in [0.4, 0.5) is 19.1 Å². The molecule has 106 valence electrons. The van der Waals surface area contributed by atoms with Crippen molar-refractivity contribution in [2.45, 2.75) is 38.3 Å². The zero-order valence-electron chi connectivity index (χ0n) is 10.4. The van der Waals surface area contributed by atoms with Crippen LogP contribution in [-0.2, 0) is 6.18 Å². The first-order chi connectivity index (χ1) is 8.95. The third-order valence-electron chi connectivity index (χ3n) is 3.32. The van der Waals surface area contributed by atoms with Crippen LogP contribution in [-0.4, -0.2) is 16.5 Å². The summed E-state index contributed by atoms with van der Waals surface area (Å²) in [7, 11) is 0. The lowest BCUT2D eigenvalue weighted by atomic mass is 9.89. The van der Waals surface area contributed by atoms with Crippen molar-refractivity contribution in [2.75, 3.05) is 11.9 Å². The van der Waals surface area contributed by atoms with Gasteiger partial charge in [-0.2, -0.15) is 13.2 Å². The van der Waals surface area contributed by atoms with Crippen LogP contribution in [0.5, 0.6) is 0 Å². The topological polar surface area (TPSA) is 57.8 Å². The third-order valence-corrected chi connectivity index (χ3v) is 3.32. The van der Waals surface area contributed by atoms with E-state index in [0.717, 1.165) is 25.7 Å².